The molecule has 1 saturated heterocycles. The van der Waals surface area contributed by atoms with E-state index in [1.54, 1.807) is 0 Å². The Morgan fingerprint density at radius 3 is 2.97 bits per heavy atom. The second-order valence-electron chi connectivity index (χ2n) is 6.01. The smallest absolute Gasteiger partial charge is 0.351 e. The third kappa shape index (κ3) is 5.96. The van der Waals surface area contributed by atoms with Crippen LogP contribution >= 0.6 is 0 Å². The zero-order valence-electron chi connectivity index (χ0n) is 15.4. The van der Waals surface area contributed by atoms with Crippen LogP contribution in [0.5, 0.6) is 0 Å². The Morgan fingerprint density at radius 2 is 2.34 bits per heavy atom. The first-order chi connectivity index (χ1) is 13.9. The summed E-state index contributed by atoms with van der Waals surface area (Å²) in [7, 11) is 0. The summed E-state index contributed by atoms with van der Waals surface area (Å²) in [6, 6.07) is 0. The molecule has 0 spiro atoms. The average molecular weight is 413 g/mol. The van der Waals surface area contributed by atoms with E-state index in [0.717, 1.165) is 4.57 Å². The van der Waals surface area contributed by atoms with Crippen molar-refractivity contribution in [2.75, 3.05) is 25.3 Å². The summed E-state index contributed by atoms with van der Waals surface area (Å²) in [4.78, 5) is 41.3. The van der Waals surface area contributed by atoms with Crippen LogP contribution in [0.25, 0.3) is 10.4 Å². The molecule has 0 aromatic carbocycles. The summed E-state index contributed by atoms with van der Waals surface area (Å²) in [6.07, 6.45) is -0.833. The van der Waals surface area contributed by atoms with Crippen LogP contribution in [0.3, 0.4) is 0 Å². The van der Waals surface area contributed by atoms with Crippen molar-refractivity contribution in [3.63, 3.8) is 0 Å². The Kier molecular flexibility index (Phi) is 8.03. The summed E-state index contributed by atoms with van der Waals surface area (Å²) in [5, 5.41) is 17.4. The van der Waals surface area contributed by atoms with E-state index in [4.69, 9.17) is 15.0 Å². The van der Waals surface area contributed by atoms with Crippen molar-refractivity contribution in [1.29, 1.82) is 0 Å². The fraction of sp³-hybridized carbons (Fsp3) is 0.600. The van der Waals surface area contributed by atoms with Gasteiger partial charge in [0.05, 0.1) is 12.7 Å². The first kappa shape index (κ1) is 22.2. The molecule has 29 heavy (non-hydrogen) atoms. The van der Waals surface area contributed by atoms with Gasteiger partial charge in [0, 0.05) is 36.6 Å². The largest absolute Gasteiger partial charge is 0.394 e. The minimum absolute atomic E-state index is 0.0780. The highest BCUT2D eigenvalue weighted by atomic mass is 19.1. The molecule has 1 fully saturated rings. The minimum atomic E-state index is -1.23. The number of ether oxygens (including phenoxy) is 2. The molecule has 14 heteroatoms. The van der Waals surface area contributed by atoms with Gasteiger partial charge in [-0.3, -0.25) is 14.2 Å². The summed E-state index contributed by atoms with van der Waals surface area (Å²) < 4.78 is 24.5. The molecule has 1 aliphatic heterocycles. The average Bonchev–Trinajstić information content (AvgIpc) is 3.09. The van der Waals surface area contributed by atoms with Gasteiger partial charge >= 0.3 is 5.69 Å². The number of nitrogens with zero attached hydrogens (tertiary/aromatic N) is 5. The van der Waals surface area contributed by atoms with Crippen molar-refractivity contribution in [3.05, 3.63) is 32.7 Å². The van der Waals surface area contributed by atoms with Gasteiger partial charge in [0.15, 0.2) is 6.67 Å². The van der Waals surface area contributed by atoms with E-state index >= 15 is 0 Å². The SMILES string of the molecule is CC(=O)Nc1nc(=O)n(C2CC(OCN=[N+]=[N-])C(CO)O2)cc1CNC(=O)CF. The van der Waals surface area contributed by atoms with Gasteiger partial charge < -0.3 is 25.2 Å². The number of aliphatic hydroxyl groups is 1. The third-order valence-corrected chi connectivity index (χ3v) is 4.00. The molecule has 3 N–H and O–H groups in total. The fourth-order valence-corrected chi connectivity index (χ4v) is 2.73. The summed E-state index contributed by atoms with van der Waals surface area (Å²) in [6.45, 7) is -0.879. The van der Waals surface area contributed by atoms with Crippen LogP contribution in [0.4, 0.5) is 10.2 Å². The number of anilines is 1. The van der Waals surface area contributed by atoms with Crippen LogP contribution < -0.4 is 16.3 Å². The topological polar surface area (TPSA) is 181 Å². The van der Waals surface area contributed by atoms with E-state index < -0.39 is 49.2 Å². The van der Waals surface area contributed by atoms with E-state index in [2.05, 4.69) is 25.6 Å². The van der Waals surface area contributed by atoms with Gasteiger partial charge in [-0.1, -0.05) is 5.11 Å². The highest BCUT2D eigenvalue weighted by molar-refractivity contribution is 5.88. The molecule has 1 aromatic heterocycles. The summed E-state index contributed by atoms with van der Waals surface area (Å²) >= 11 is 0. The van der Waals surface area contributed by atoms with Crippen molar-refractivity contribution in [2.24, 2.45) is 5.11 Å². The number of hydrogen-bond donors (Lipinski definition) is 3. The summed E-state index contributed by atoms with van der Waals surface area (Å²) in [5.41, 5.74) is 7.80. The molecule has 13 nitrogen and oxygen atoms in total. The number of azide groups is 1. The molecule has 3 atom stereocenters. The monoisotopic (exact) mass is 413 g/mol. The lowest BCUT2D eigenvalue weighted by atomic mass is 10.2. The number of carbonyl (C=O) groups excluding carboxylic acids is 2. The lowest BCUT2D eigenvalue weighted by molar-refractivity contribution is -0.122. The number of rotatable bonds is 9. The van der Waals surface area contributed by atoms with Crippen LogP contribution in [0.2, 0.25) is 0 Å². The van der Waals surface area contributed by atoms with Gasteiger partial charge in [-0.15, -0.1) is 0 Å². The Labute approximate surface area is 163 Å². The van der Waals surface area contributed by atoms with Crippen molar-refractivity contribution >= 4 is 17.6 Å². The molecule has 2 rings (SSSR count). The number of nitrogens with one attached hydrogen (secondary N) is 2. The van der Waals surface area contributed by atoms with Crippen molar-refractivity contribution in [1.82, 2.24) is 14.9 Å². The number of alkyl halides is 1. The van der Waals surface area contributed by atoms with Gasteiger partial charge in [-0.05, 0) is 5.53 Å². The van der Waals surface area contributed by atoms with Crippen LogP contribution in [0.1, 0.15) is 25.1 Å². The van der Waals surface area contributed by atoms with E-state index in [1.807, 2.05) is 0 Å². The Balaban J connectivity index is 2.29. The fourth-order valence-electron chi connectivity index (χ4n) is 2.73. The number of halogens is 1. The standard InChI is InChI=1S/C15H20FN7O6/c1-8(25)20-14-9(4-18-12(26)3-16)5-23(15(27)21-14)13-2-10(11(6-24)29-13)28-7-19-22-17/h5,10-11,13,24H,2-4,6-7H2,1H3,(H,18,26)(H,20,21,25,27). The third-order valence-electron chi connectivity index (χ3n) is 4.00. The Hall–Kier alpha value is -3.06. The quantitative estimate of drug-likeness (QED) is 0.283. The van der Waals surface area contributed by atoms with E-state index in [-0.39, 0.29) is 31.1 Å². The van der Waals surface area contributed by atoms with Crippen LogP contribution in [0, 0.1) is 0 Å². The van der Waals surface area contributed by atoms with Crippen molar-refractivity contribution in [2.45, 2.75) is 38.3 Å². The molecule has 2 heterocycles. The molecule has 1 aliphatic rings. The zero-order valence-corrected chi connectivity index (χ0v) is 15.4. The molecule has 3 unspecified atom stereocenters. The molecule has 0 aliphatic carbocycles. The molecule has 2 amide bonds. The molecule has 0 radical (unpaired) electrons. The predicted octanol–water partition coefficient (Wildman–Crippen LogP) is -0.280. The first-order valence-corrected chi connectivity index (χ1v) is 8.50. The number of aromatic nitrogens is 2. The highest BCUT2D eigenvalue weighted by Gasteiger charge is 2.37. The maximum Gasteiger partial charge on any atom is 0.351 e. The Bertz CT molecular complexity index is 856. The highest BCUT2D eigenvalue weighted by Crippen LogP contribution is 2.30. The molecule has 158 valence electrons. The van der Waals surface area contributed by atoms with Crippen LogP contribution in [-0.2, 0) is 25.6 Å². The van der Waals surface area contributed by atoms with Gasteiger partial charge in [-0.25, -0.2) is 9.18 Å². The van der Waals surface area contributed by atoms with E-state index in [9.17, 15) is 23.9 Å². The van der Waals surface area contributed by atoms with Gasteiger partial charge in [0.25, 0.3) is 5.91 Å². The van der Waals surface area contributed by atoms with Crippen molar-refractivity contribution in [3.8, 4) is 0 Å². The molecule has 0 saturated carbocycles. The number of amides is 2. The van der Waals surface area contributed by atoms with E-state index in [0.29, 0.717) is 0 Å². The van der Waals surface area contributed by atoms with Crippen molar-refractivity contribution < 1.29 is 28.6 Å². The molecular weight excluding hydrogens is 393 g/mol. The minimum Gasteiger partial charge on any atom is -0.394 e. The lowest BCUT2D eigenvalue weighted by Gasteiger charge is -2.17. The number of hydrogen-bond acceptors (Lipinski definition) is 8. The maximum absolute atomic E-state index is 12.4. The summed E-state index contributed by atoms with van der Waals surface area (Å²) in [5.74, 6) is -1.44. The Morgan fingerprint density at radius 1 is 1.59 bits per heavy atom. The van der Waals surface area contributed by atoms with Gasteiger partial charge in [0.1, 0.15) is 24.9 Å². The molecule has 0 bridgehead atoms. The number of carbonyl (C=O) groups is 2. The second kappa shape index (κ2) is 10.5. The van der Waals surface area contributed by atoms with Gasteiger partial charge in [-0.2, -0.15) is 4.98 Å². The number of aliphatic hydroxyl groups excluding tert-OH is 1. The first-order valence-electron chi connectivity index (χ1n) is 8.50. The van der Waals surface area contributed by atoms with Gasteiger partial charge in [0.2, 0.25) is 5.91 Å². The lowest BCUT2D eigenvalue weighted by Crippen LogP contribution is -2.32. The predicted molar refractivity (Wildman–Crippen MR) is 95.1 cm³/mol. The molecular formula is C15H20FN7O6. The van der Waals surface area contributed by atoms with Crippen LogP contribution in [-0.4, -0.2) is 58.7 Å². The van der Waals surface area contributed by atoms with E-state index in [1.165, 1.54) is 13.1 Å². The zero-order chi connectivity index (χ0) is 21.4. The second-order valence-corrected chi connectivity index (χ2v) is 6.01. The normalized spacial score (nSPS) is 20.7. The van der Waals surface area contributed by atoms with Crippen LogP contribution in [0.15, 0.2) is 16.1 Å². The molecule has 1 aromatic rings. The maximum atomic E-state index is 12.4.